The zero-order valence-corrected chi connectivity index (χ0v) is 13.5. The molecule has 2 aliphatic heterocycles. The van der Waals surface area contributed by atoms with Crippen molar-refractivity contribution in [3.8, 4) is 0 Å². The number of piperidine rings is 2. The van der Waals surface area contributed by atoms with Crippen LogP contribution >= 0.6 is 0 Å². The van der Waals surface area contributed by atoms with Crippen molar-refractivity contribution >= 4 is 11.8 Å². The molecule has 0 bridgehead atoms. The molecule has 1 aromatic heterocycles. The van der Waals surface area contributed by atoms with E-state index in [1.807, 2.05) is 29.3 Å². The molecule has 3 heterocycles. The molecule has 1 aromatic rings. The van der Waals surface area contributed by atoms with Gasteiger partial charge in [0.15, 0.2) is 0 Å². The van der Waals surface area contributed by atoms with Crippen LogP contribution < -0.4 is 10.2 Å². The van der Waals surface area contributed by atoms with E-state index < -0.39 is 0 Å². The number of pyridine rings is 1. The molecule has 0 atom stereocenters. The standard InChI is InChI=1S/C17H26N4O2/c22-13-14-4-9-21(10-5-14)17(23)19-15-6-11-20(12-7-15)16-3-1-2-8-18-16/h1-3,8,14-15,22H,4-7,9-13H2,(H,19,23). The molecule has 23 heavy (non-hydrogen) atoms. The summed E-state index contributed by atoms with van der Waals surface area (Å²) in [5.41, 5.74) is 0. The van der Waals surface area contributed by atoms with E-state index in [1.54, 1.807) is 0 Å². The van der Waals surface area contributed by atoms with Crippen LogP contribution in [-0.2, 0) is 0 Å². The number of hydrogen-bond acceptors (Lipinski definition) is 4. The molecule has 0 unspecified atom stereocenters. The van der Waals surface area contributed by atoms with Crippen LogP contribution in [0.25, 0.3) is 0 Å². The van der Waals surface area contributed by atoms with Crippen molar-refractivity contribution in [2.45, 2.75) is 31.7 Å². The second-order valence-electron chi connectivity index (χ2n) is 6.51. The number of anilines is 1. The smallest absolute Gasteiger partial charge is 0.317 e. The van der Waals surface area contributed by atoms with Gasteiger partial charge in [-0.3, -0.25) is 0 Å². The van der Waals surface area contributed by atoms with E-state index in [0.29, 0.717) is 5.92 Å². The summed E-state index contributed by atoms with van der Waals surface area (Å²) < 4.78 is 0. The summed E-state index contributed by atoms with van der Waals surface area (Å²) in [6.07, 6.45) is 5.54. The number of urea groups is 1. The lowest BCUT2D eigenvalue weighted by molar-refractivity contribution is 0.135. The van der Waals surface area contributed by atoms with Gasteiger partial charge in [-0.1, -0.05) is 6.07 Å². The second kappa shape index (κ2) is 7.64. The maximum Gasteiger partial charge on any atom is 0.317 e. The first-order chi connectivity index (χ1) is 11.3. The highest BCUT2D eigenvalue weighted by Gasteiger charge is 2.26. The van der Waals surface area contributed by atoms with Crippen LogP contribution in [0, 0.1) is 5.92 Å². The predicted octanol–water partition coefficient (Wildman–Crippen LogP) is 1.46. The summed E-state index contributed by atoms with van der Waals surface area (Å²) >= 11 is 0. The lowest BCUT2D eigenvalue weighted by Crippen LogP contribution is -2.51. The lowest BCUT2D eigenvalue weighted by atomic mass is 9.98. The molecule has 2 N–H and O–H groups in total. The molecule has 2 amide bonds. The van der Waals surface area contributed by atoms with Gasteiger partial charge in [-0.25, -0.2) is 9.78 Å². The Morgan fingerprint density at radius 2 is 1.91 bits per heavy atom. The number of rotatable bonds is 3. The van der Waals surface area contributed by atoms with E-state index in [-0.39, 0.29) is 18.7 Å². The zero-order valence-electron chi connectivity index (χ0n) is 13.5. The van der Waals surface area contributed by atoms with E-state index >= 15 is 0 Å². The number of aliphatic hydroxyl groups excluding tert-OH is 1. The Bertz CT molecular complexity index is 495. The maximum absolute atomic E-state index is 12.3. The van der Waals surface area contributed by atoms with Crippen molar-refractivity contribution in [2.75, 3.05) is 37.7 Å². The van der Waals surface area contributed by atoms with Crippen LogP contribution in [-0.4, -0.2) is 59.8 Å². The van der Waals surface area contributed by atoms with Crippen LogP contribution in [0.5, 0.6) is 0 Å². The molecule has 0 radical (unpaired) electrons. The van der Waals surface area contributed by atoms with Gasteiger partial charge in [-0.15, -0.1) is 0 Å². The monoisotopic (exact) mass is 318 g/mol. The minimum absolute atomic E-state index is 0.0534. The molecule has 3 rings (SSSR count). The van der Waals surface area contributed by atoms with Crippen LogP contribution in [0.3, 0.4) is 0 Å². The van der Waals surface area contributed by atoms with Gasteiger partial charge in [0.2, 0.25) is 0 Å². The Morgan fingerprint density at radius 1 is 1.17 bits per heavy atom. The van der Waals surface area contributed by atoms with Crippen molar-refractivity contribution in [3.63, 3.8) is 0 Å². The first kappa shape index (κ1) is 16.1. The highest BCUT2D eigenvalue weighted by Crippen LogP contribution is 2.19. The minimum Gasteiger partial charge on any atom is -0.396 e. The van der Waals surface area contributed by atoms with E-state index in [4.69, 9.17) is 5.11 Å². The van der Waals surface area contributed by atoms with Gasteiger partial charge in [0.1, 0.15) is 5.82 Å². The SMILES string of the molecule is O=C(NC1CCN(c2ccccn2)CC1)N1CCC(CO)CC1. The third-order valence-electron chi connectivity index (χ3n) is 4.96. The van der Waals surface area contributed by atoms with Crippen LogP contribution in [0.4, 0.5) is 10.6 Å². The number of carbonyl (C=O) groups is 1. The Kier molecular flexibility index (Phi) is 5.33. The summed E-state index contributed by atoms with van der Waals surface area (Å²) in [4.78, 5) is 20.9. The normalized spacial score (nSPS) is 20.6. The fourth-order valence-corrected chi connectivity index (χ4v) is 3.38. The maximum atomic E-state index is 12.3. The summed E-state index contributed by atoms with van der Waals surface area (Å²) in [6, 6.07) is 6.27. The molecule has 6 nitrogen and oxygen atoms in total. The summed E-state index contributed by atoms with van der Waals surface area (Å²) in [7, 11) is 0. The molecule has 2 fully saturated rings. The highest BCUT2D eigenvalue weighted by molar-refractivity contribution is 5.74. The fraction of sp³-hybridized carbons (Fsp3) is 0.647. The average Bonchev–Trinajstić information content (AvgIpc) is 2.63. The summed E-state index contributed by atoms with van der Waals surface area (Å²) in [6.45, 7) is 3.60. The number of hydrogen-bond donors (Lipinski definition) is 2. The Labute approximate surface area is 137 Å². The van der Waals surface area contributed by atoms with E-state index in [0.717, 1.165) is 57.7 Å². The number of aliphatic hydroxyl groups is 1. The van der Waals surface area contributed by atoms with Crippen molar-refractivity contribution in [1.82, 2.24) is 15.2 Å². The van der Waals surface area contributed by atoms with Crippen LogP contribution in [0.1, 0.15) is 25.7 Å². The summed E-state index contributed by atoms with van der Waals surface area (Å²) in [5, 5.41) is 12.3. The predicted molar refractivity (Wildman–Crippen MR) is 89.4 cm³/mol. The molecule has 2 aliphatic rings. The summed E-state index contributed by atoms with van der Waals surface area (Å²) in [5.74, 6) is 1.38. The molecular weight excluding hydrogens is 292 g/mol. The third kappa shape index (κ3) is 4.13. The minimum atomic E-state index is 0.0534. The number of amides is 2. The molecule has 0 aliphatic carbocycles. The number of carbonyl (C=O) groups excluding carboxylic acids is 1. The van der Waals surface area contributed by atoms with Crippen molar-refractivity contribution in [1.29, 1.82) is 0 Å². The highest BCUT2D eigenvalue weighted by atomic mass is 16.3. The van der Waals surface area contributed by atoms with Crippen LogP contribution in [0.15, 0.2) is 24.4 Å². The van der Waals surface area contributed by atoms with Crippen molar-refractivity contribution in [2.24, 2.45) is 5.92 Å². The Hall–Kier alpha value is -1.82. The molecule has 6 heteroatoms. The van der Waals surface area contributed by atoms with Gasteiger partial charge in [0.25, 0.3) is 0 Å². The van der Waals surface area contributed by atoms with Crippen LogP contribution in [0.2, 0.25) is 0 Å². The molecule has 0 saturated carbocycles. The lowest BCUT2D eigenvalue weighted by Gasteiger charge is -2.36. The number of likely N-dealkylation sites (tertiary alicyclic amines) is 1. The van der Waals surface area contributed by atoms with Gasteiger partial charge in [0, 0.05) is 45.0 Å². The Balaban J connectivity index is 1.43. The van der Waals surface area contributed by atoms with Gasteiger partial charge < -0.3 is 20.2 Å². The van der Waals surface area contributed by atoms with Gasteiger partial charge in [-0.2, -0.15) is 0 Å². The molecule has 0 spiro atoms. The molecule has 0 aromatic carbocycles. The molecule has 126 valence electrons. The average molecular weight is 318 g/mol. The van der Waals surface area contributed by atoms with Gasteiger partial charge in [-0.05, 0) is 43.7 Å². The topological polar surface area (TPSA) is 68.7 Å². The fourth-order valence-electron chi connectivity index (χ4n) is 3.38. The van der Waals surface area contributed by atoms with Crippen molar-refractivity contribution in [3.05, 3.63) is 24.4 Å². The quantitative estimate of drug-likeness (QED) is 0.885. The number of aromatic nitrogens is 1. The first-order valence-electron chi connectivity index (χ1n) is 8.58. The van der Waals surface area contributed by atoms with E-state index in [1.165, 1.54) is 0 Å². The van der Waals surface area contributed by atoms with E-state index in [2.05, 4.69) is 15.2 Å². The number of nitrogens with zero attached hydrogens (tertiary/aromatic N) is 3. The zero-order chi connectivity index (χ0) is 16.1. The second-order valence-corrected chi connectivity index (χ2v) is 6.51. The largest absolute Gasteiger partial charge is 0.396 e. The number of nitrogens with one attached hydrogen (secondary N) is 1. The van der Waals surface area contributed by atoms with E-state index in [9.17, 15) is 4.79 Å². The molecular formula is C17H26N4O2. The third-order valence-corrected chi connectivity index (χ3v) is 4.96. The Morgan fingerprint density at radius 3 is 2.52 bits per heavy atom. The first-order valence-corrected chi connectivity index (χ1v) is 8.58. The molecule has 2 saturated heterocycles. The van der Waals surface area contributed by atoms with Gasteiger partial charge in [0.05, 0.1) is 0 Å². The van der Waals surface area contributed by atoms with Crippen molar-refractivity contribution < 1.29 is 9.90 Å². The van der Waals surface area contributed by atoms with Gasteiger partial charge >= 0.3 is 6.03 Å².